The van der Waals surface area contributed by atoms with E-state index < -0.39 is 0 Å². The van der Waals surface area contributed by atoms with Crippen molar-refractivity contribution in [2.24, 2.45) is 5.73 Å². The van der Waals surface area contributed by atoms with Gasteiger partial charge in [0.05, 0.1) is 18.6 Å². The van der Waals surface area contributed by atoms with Crippen LogP contribution in [0.4, 0.5) is 4.39 Å². The highest BCUT2D eigenvalue weighted by atomic mass is 32.2. The molecule has 4 heteroatoms. The lowest BCUT2D eigenvalue weighted by molar-refractivity contribution is 0.530. The lowest BCUT2D eigenvalue weighted by Gasteiger charge is -2.04. The van der Waals surface area contributed by atoms with Gasteiger partial charge in [-0.3, -0.25) is 0 Å². The average molecular weight is 275 g/mol. The van der Waals surface area contributed by atoms with Crippen LogP contribution in [-0.4, -0.2) is 6.54 Å². The molecule has 2 rings (SSSR count). The number of halogens is 1. The van der Waals surface area contributed by atoms with Crippen molar-refractivity contribution in [3.8, 4) is 11.8 Å². The van der Waals surface area contributed by atoms with E-state index in [4.69, 9.17) is 10.2 Å². The van der Waals surface area contributed by atoms with Gasteiger partial charge in [-0.2, -0.15) is 0 Å². The normalized spacial score (nSPS) is 10.0. The van der Waals surface area contributed by atoms with Crippen LogP contribution in [0.5, 0.6) is 0 Å². The van der Waals surface area contributed by atoms with Gasteiger partial charge < -0.3 is 10.2 Å². The minimum absolute atomic E-state index is 0.273. The summed E-state index contributed by atoms with van der Waals surface area (Å²) in [6.45, 7) is 0.273. The molecule has 0 saturated carbocycles. The van der Waals surface area contributed by atoms with Crippen LogP contribution in [0.1, 0.15) is 16.9 Å². The van der Waals surface area contributed by atoms with Crippen molar-refractivity contribution in [2.45, 2.75) is 11.5 Å². The van der Waals surface area contributed by atoms with Crippen LogP contribution < -0.4 is 5.73 Å². The SMILES string of the molecule is NCC#Cc1cc(F)ccc1CSCc1ccco1. The van der Waals surface area contributed by atoms with Crippen LogP contribution in [0.25, 0.3) is 0 Å². The van der Waals surface area contributed by atoms with Gasteiger partial charge in [-0.05, 0) is 29.8 Å². The van der Waals surface area contributed by atoms with Gasteiger partial charge in [0.15, 0.2) is 0 Å². The summed E-state index contributed by atoms with van der Waals surface area (Å²) in [6, 6.07) is 8.48. The Hall–Kier alpha value is -1.70. The molecule has 0 aliphatic heterocycles. The Morgan fingerprint density at radius 3 is 2.89 bits per heavy atom. The van der Waals surface area contributed by atoms with Gasteiger partial charge in [0, 0.05) is 11.3 Å². The Bertz CT molecular complexity index is 584. The first-order valence-corrected chi connectivity index (χ1v) is 7.02. The number of furan rings is 1. The molecule has 0 fully saturated rings. The minimum Gasteiger partial charge on any atom is -0.468 e. The number of hydrogen-bond donors (Lipinski definition) is 1. The van der Waals surface area contributed by atoms with Gasteiger partial charge in [0.25, 0.3) is 0 Å². The third-order valence-corrected chi connectivity index (χ3v) is 3.48. The fourth-order valence-corrected chi connectivity index (χ4v) is 2.53. The Labute approximate surface area is 116 Å². The lowest BCUT2D eigenvalue weighted by Crippen LogP contribution is -1.95. The van der Waals surface area contributed by atoms with Crippen molar-refractivity contribution in [3.63, 3.8) is 0 Å². The number of rotatable bonds is 4. The fraction of sp³-hybridized carbons (Fsp3) is 0.200. The van der Waals surface area contributed by atoms with Crippen LogP contribution in [0.3, 0.4) is 0 Å². The average Bonchev–Trinajstić information content (AvgIpc) is 2.91. The van der Waals surface area contributed by atoms with Gasteiger partial charge in [-0.25, -0.2) is 4.39 Å². The van der Waals surface area contributed by atoms with E-state index in [9.17, 15) is 4.39 Å². The third-order valence-electron chi connectivity index (χ3n) is 2.48. The topological polar surface area (TPSA) is 39.2 Å². The van der Waals surface area contributed by atoms with E-state index in [0.29, 0.717) is 5.56 Å². The zero-order valence-corrected chi connectivity index (χ0v) is 11.2. The molecule has 0 amide bonds. The Balaban J connectivity index is 2.02. The number of benzene rings is 1. The molecule has 1 heterocycles. The first kappa shape index (κ1) is 13.7. The first-order chi connectivity index (χ1) is 9.29. The minimum atomic E-state index is -0.277. The van der Waals surface area contributed by atoms with Crippen molar-refractivity contribution in [1.29, 1.82) is 0 Å². The van der Waals surface area contributed by atoms with Crippen LogP contribution in [-0.2, 0) is 11.5 Å². The standard InChI is InChI=1S/C15H14FNOS/c16-14-6-5-13(12(9-14)3-1-7-17)10-19-11-15-4-2-8-18-15/h2,4-6,8-9H,7,10-11,17H2. The molecule has 19 heavy (non-hydrogen) atoms. The van der Waals surface area contributed by atoms with Gasteiger partial charge in [0.1, 0.15) is 11.6 Å². The highest BCUT2D eigenvalue weighted by molar-refractivity contribution is 7.97. The Kier molecular flexibility index (Phi) is 5.08. The second kappa shape index (κ2) is 7.03. The fourth-order valence-electron chi connectivity index (χ4n) is 1.59. The van der Waals surface area contributed by atoms with Crippen molar-refractivity contribution >= 4 is 11.8 Å². The summed E-state index contributed by atoms with van der Waals surface area (Å²) in [7, 11) is 0. The molecule has 2 N–H and O–H groups in total. The molecular formula is C15H14FNOS. The van der Waals surface area contributed by atoms with Crippen molar-refractivity contribution in [3.05, 3.63) is 59.3 Å². The van der Waals surface area contributed by atoms with Crippen LogP contribution >= 0.6 is 11.8 Å². The second-order valence-corrected chi connectivity index (χ2v) is 4.87. The predicted octanol–water partition coefficient (Wildman–Crippen LogP) is 3.16. The van der Waals surface area contributed by atoms with Gasteiger partial charge in [0.2, 0.25) is 0 Å². The summed E-state index contributed by atoms with van der Waals surface area (Å²) >= 11 is 1.70. The lowest BCUT2D eigenvalue weighted by atomic mass is 10.1. The van der Waals surface area contributed by atoms with Crippen LogP contribution in [0, 0.1) is 17.7 Å². The highest BCUT2D eigenvalue weighted by Gasteiger charge is 2.03. The number of thioether (sulfide) groups is 1. The number of nitrogens with two attached hydrogens (primary N) is 1. The van der Waals surface area contributed by atoms with Crippen LogP contribution in [0.15, 0.2) is 41.0 Å². The van der Waals surface area contributed by atoms with E-state index >= 15 is 0 Å². The maximum Gasteiger partial charge on any atom is 0.124 e. The number of hydrogen-bond acceptors (Lipinski definition) is 3. The molecule has 1 aromatic carbocycles. The van der Waals surface area contributed by atoms with E-state index in [1.807, 2.05) is 12.1 Å². The molecule has 0 atom stereocenters. The molecule has 0 unspecified atom stereocenters. The second-order valence-electron chi connectivity index (χ2n) is 3.88. The molecule has 0 radical (unpaired) electrons. The molecule has 1 aromatic heterocycles. The summed E-state index contributed by atoms with van der Waals surface area (Å²) in [5.41, 5.74) is 7.06. The summed E-state index contributed by atoms with van der Waals surface area (Å²) in [6.07, 6.45) is 1.66. The Morgan fingerprint density at radius 2 is 2.16 bits per heavy atom. The van der Waals surface area contributed by atoms with Gasteiger partial charge in [-0.15, -0.1) is 11.8 Å². The van der Waals surface area contributed by atoms with E-state index in [2.05, 4.69) is 11.8 Å². The third kappa shape index (κ3) is 4.16. The zero-order chi connectivity index (χ0) is 13.5. The van der Waals surface area contributed by atoms with E-state index in [1.165, 1.54) is 12.1 Å². The van der Waals surface area contributed by atoms with E-state index in [1.54, 1.807) is 24.1 Å². The molecule has 0 aliphatic rings. The Morgan fingerprint density at radius 1 is 1.26 bits per heavy atom. The monoisotopic (exact) mass is 275 g/mol. The summed E-state index contributed by atoms with van der Waals surface area (Å²) in [5, 5.41) is 0. The van der Waals surface area contributed by atoms with Crippen molar-refractivity contribution in [1.82, 2.24) is 0 Å². The summed E-state index contributed by atoms with van der Waals surface area (Å²) in [4.78, 5) is 0. The van der Waals surface area contributed by atoms with Gasteiger partial charge in [-0.1, -0.05) is 17.9 Å². The van der Waals surface area contributed by atoms with Gasteiger partial charge >= 0.3 is 0 Å². The zero-order valence-electron chi connectivity index (χ0n) is 10.4. The molecular weight excluding hydrogens is 261 g/mol. The predicted molar refractivity (Wildman–Crippen MR) is 76.0 cm³/mol. The molecule has 0 spiro atoms. The largest absolute Gasteiger partial charge is 0.468 e. The molecule has 2 aromatic rings. The smallest absolute Gasteiger partial charge is 0.124 e. The molecule has 2 nitrogen and oxygen atoms in total. The summed E-state index contributed by atoms with van der Waals surface area (Å²) < 4.78 is 18.5. The van der Waals surface area contributed by atoms with Crippen LogP contribution in [0.2, 0.25) is 0 Å². The van der Waals surface area contributed by atoms with E-state index in [0.717, 1.165) is 22.8 Å². The van der Waals surface area contributed by atoms with Crippen molar-refractivity contribution in [2.75, 3.05) is 6.54 Å². The molecule has 98 valence electrons. The maximum absolute atomic E-state index is 13.2. The molecule has 0 saturated heterocycles. The molecule has 0 aliphatic carbocycles. The van der Waals surface area contributed by atoms with Crippen molar-refractivity contribution < 1.29 is 8.81 Å². The van der Waals surface area contributed by atoms with E-state index in [-0.39, 0.29) is 12.4 Å². The molecule has 0 bridgehead atoms. The summed E-state index contributed by atoms with van der Waals surface area (Å²) in [5.74, 6) is 7.87. The first-order valence-electron chi connectivity index (χ1n) is 5.87. The highest BCUT2D eigenvalue weighted by Crippen LogP contribution is 2.21. The quantitative estimate of drug-likeness (QED) is 0.871. The maximum atomic E-state index is 13.2.